The minimum Gasteiger partial charge on any atom is -0.507 e. The molecule has 7 nitrogen and oxygen atoms in total. The van der Waals surface area contributed by atoms with Crippen molar-refractivity contribution in [2.24, 2.45) is 5.92 Å². The molecule has 0 aromatic heterocycles. The average Bonchev–Trinajstić information content (AvgIpc) is 3.18. The van der Waals surface area contributed by atoms with Crippen LogP contribution < -0.4 is 19.1 Å². The number of anilines is 1. The summed E-state index contributed by atoms with van der Waals surface area (Å²) < 4.78 is 17.0. The summed E-state index contributed by atoms with van der Waals surface area (Å²) >= 11 is 0. The molecule has 1 atom stereocenters. The lowest BCUT2D eigenvalue weighted by atomic mass is 9.95. The van der Waals surface area contributed by atoms with E-state index in [2.05, 4.69) is 0 Å². The van der Waals surface area contributed by atoms with Crippen molar-refractivity contribution < 1.29 is 28.9 Å². The first-order chi connectivity index (χ1) is 18.3. The van der Waals surface area contributed by atoms with Crippen LogP contribution in [0.4, 0.5) is 5.69 Å². The summed E-state index contributed by atoms with van der Waals surface area (Å²) in [5, 5.41) is 11.5. The predicted octanol–water partition coefficient (Wildman–Crippen LogP) is 6.15. The highest BCUT2D eigenvalue weighted by Crippen LogP contribution is 2.43. The van der Waals surface area contributed by atoms with E-state index in [0.717, 1.165) is 0 Å². The topological polar surface area (TPSA) is 85.3 Å². The molecule has 1 saturated heterocycles. The third kappa shape index (κ3) is 5.67. The average molecular weight is 516 g/mol. The van der Waals surface area contributed by atoms with Gasteiger partial charge in [-0.25, -0.2) is 0 Å². The van der Waals surface area contributed by atoms with Crippen LogP contribution in [0.5, 0.6) is 17.2 Å². The molecule has 0 radical (unpaired) electrons. The summed E-state index contributed by atoms with van der Waals surface area (Å²) in [6.07, 6.45) is 0. The highest BCUT2D eigenvalue weighted by molar-refractivity contribution is 6.51. The normalized spacial score (nSPS) is 16.7. The van der Waals surface area contributed by atoms with Crippen LogP contribution in [0.25, 0.3) is 5.76 Å². The highest BCUT2D eigenvalue weighted by Gasteiger charge is 2.47. The molecular weight excluding hydrogens is 482 g/mol. The molecule has 1 aliphatic rings. The maximum absolute atomic E-state index is 13.5. The standard InChI is InChI=1S/C31H33NO6/c1-5-36-24-15-13-21(14-16-24)28-27(29(33)22-9-7-11-25(17-22)38-19-20(3)4)30(34)31(35)32(28)23-10-8-12-26(18-23)37-6-2/h7-18,20,28,33H,5-6,19H2,1-4H3/b29-27+. The van der Waals surface area contributed by atoms with Gasteiger partial charge in [-0.15, -0.1) is 0 Å². The monoisotopic (exact) mass is 515 g/mol. The van der Waals surface area contributed by atoms with Crippen molar-refractivity contribution in [2.45, 2.75) is 33.7 Å². The second-order valence-electron chi connectivity index (χ2n) is 9.33. The fraction of sp³-hybridized carbons (Fsp3) is 0.290. The quantitative estimate of drug-likeness (QED) is 0.198. The van der Waals surface area contributed by atoms with Crippen molar-refractivity contribution in [3.05, 3.63) is 89.5 Å². The van der Waals surface area contributed by atoms with Crippen molar-refractivity contribution in [2.75, 3.05) is 24.7 Å². The Bertz CT molecular complexity index is 1330. The van der Waals surface area contributed by atoms with Crippen molar-refractivity contribution >= 4 is 23.1 Å². The Morgan fingerprint density at radius 2 is 1.47 bits per heavy atom. The van der Waals surface area contributed by atoms with E-state index in [0.29, 0.717) is 59.8 Å². The van der Waals surface area contributed by atoms with Gasteiger partial charge in [-0.3, -0.25) is 14.5 Å². The maximum atomic E-state index is 13.5. The molecule has 0 bridgehead atoms. The second kappa shape index (κ2) is 11.9. The molecule has 3 aromatic rings. The number of hydrogen-bond donors (Lipinski definition) is 1. The molecule has 198 valence electrons. The number of amides is 1. The molecular formula is C31H33NO6. The lowest BCUT2D eigenvalue weighted by Gasteiger charge is -2.26. The zero-order chi connectivity index (χ0) is 27.2. The number of aliphatic hydroxyl groups excluding tert-OH is 1. The Balaban J connectivity index is 1.85. The first kappa shape index (κ1) is 26.8. The number of Topliss-reactive ketones (excluding diaryl/α,β-unsaturated/α-hetero) is 1. The minimum atomic E-state index is -0.859. The summed E-state index contributed by atoms with van der Waals surface area (Å²) in [4.78, 5) is 28.3. The lowest BCUT2D eigenvalue weighted by molar-refractivity contribution is -0.132. The van der Waals surface area contributed by atoms with Crippen LogP contribution in [0.2, 0.25) is 0 Å². The Hall–Kier alpha value is -4.26. The lowest BCUT2D eigenvalue weighted by Crippen LogP contribution is -2.29. The maximum Gasteiger partial charge on any atom is 0.300 e. The minimum absolute atomic E-state index is 0.00184. The fourth-order valence-corrected chi connectivity index (χ4v) is 4.37. The number of nitrogens with zero attached hydrogens (tertiary/aromatic N) is 1. The molecule has 0 saturated carbocycles. The van der Waals surface area contributed by atoms with Crippen molar-refractivity contribution in [3.63, 3.8) is 0 Å². The fourth-order valence-electron chi connectivity index (χ4n) is 4.37. The summed E-state index contributed by atoms with van der Waals surface area (Å²) in [7, 11) is 0. The molecule has 0 spiro atoms. The van der Waals surface area contributed by atoms with E-state index in [9.17, 15) is 14.7 Å². The van der Waals surface area contributed by atoms with E-state index >= 15 is 0 Å². The molecule has 1 aliphatic heterocycles. The SMILES string of the molecule is CCOc1ccc(C2/C(=C(\O)c3cccc(OCC(C)C)c3)C(=O)C(=O)N2c2cccc(OCC)c2)cc1. The molecule has 3 aromatic carbocycles. The molecule has 1 unspecified atom stereocenters. The van der Waals surface area contributed by atoms with Gasteiger partial charge in [0.05, 0.1) is 31.4 Å². The Morgan fingerprint density at radius 1 is 0.842 bits per heavy atom. The summed E-state index contributed by atoms with van der Waals surface area (Å²) in [5.41, 5.74) is 1.54. The summed E-state index contributed by atoms with van der Waals surface area (Å²) in [5.74, 6) is 0.376. The highest BCUT2D eigenvalue weighted by atomic mass is 16.5. The Labute approximate surface area is 223 Å². The molecule has 38 heavy (non-hydrogen) atoms. The molecule has 4 rings (SSSR count). The van der Waals surface area contributed by atoms with E-state index in [-0.39, 0.29) is 11.3 Å². The number of aliphatic hydroxyl groups is 1. The Kier molecular flexibility index (Phi) is 8.36. The largest absolute Gasteiger partial charge is 0.507 e. The second-order valence-corrected chi connectivity index (χ2v) is 9.33. The molecule has 1 amide bonds. The van der Waals surface area contributed by atoms with E-state index in [4.69, 9.17) is 14.2 Å². The molecule has 1 fully saturated rings. The van der Waals surface area contributed by atoms with Crippen molar-refractivity contribution in [1.82, 2.24) is 0 Å². The first-order valence-corrected chi connectivity index (χ1v) is 12.8. The molecule has 1 heterocycles. The first-order valence-electron chi connectivity index (χ1n) is 12.8. The van der Waals surface area contributed by atoms with Gasteiger partial charge in [0, 0.05) is 17.3 Å². The van der Waals surface area contributed by atoms with Gasteiger partial charge < -0.3 is 19.3 Å². The number of rotatable bonds is 10. The third-order valence-electron chi connectivity index (χ3n) is 6.05. The van der Waals surface area contributed by atoms with Crippen LogP contribution >= 0.6 is 0 Å². The van der Waals surface area contributed by atoms with Gasteiger partial charge in [-0.05, 0) is 61.7 Å². The van der Waals surface area contributed by atoms with Gasteiger partial charge >= 0.3 is 0 Å². The number of benzene rings is 3. The van der Waals surface area contributed by atoms with Crippen LogP contribution in [-0.4, -0.2) is 36.6 Å². The van der Waals surface area contributed by atoms with Crippen LogP contribution in [0.3, 0.4) is 0 Å². The predicted molar refractivity (Wildman–Crippen MR) is 147 cm³/mol. The summed E-state index contributed by atoms with van der Waals surface area (Å²) in [6.45, 7) is 9.34. The number of ketones is 1. The number of ether oxygens (including phenoxy) is 3. The van der Waals surface area contributed by atoms with Gasteiger partial charge in [-0.1, -0.05) is 44.2 Å². The summed E-state index contributed by atoms with van der Waals surface area (Å²) in [6, 6.07) is 20.3. The van der Waals surface area contributed by atoms with Crippen LogP contribution in [0, 0.1) is 5.92 Å². The van der Waals surface area contributed by atoms with E-state index in [1.165, 1.54) is 4.90 Å². The number of carbonyl (C=O) groups is 2. The number of hydrogen-bond acceptors (Lipinski definition) is 6. The smallest absolute Gasteiger partial charge is 0.300 e. The Morgan fingerprint density at radius 3 is 2.13 bits per heavy atom. The van der Waals surface area contributed by atoms with Crippen molar-refractivity contribution in [1.29, 1.82) is 0 Å². The molecule has 0 aliphatic carbocycles. The van der Waals surface area contributed by atoms with Crippen LogP contribution in [0.1, 0.15) is 44.9 Å². The van der Waals surface area contributed by atoms with Gasteiger partial charge in [0.2, 0.25) is 0 Å². The van der Waals surface area contributed by atoms with Gasteiger partial charge in [0.25, 0.3) is 11.7 Å². The van der Waals surface area contributed by atoms with E-state index in [1.54, 1.807) is 72.8 Å². The van der Waals surface area contributed by atoms with Crippen molar-refractivity contribution in [3.8, 4) is 17.2 Å². The van der Waals surface area contributed by atoms with Gasteiger partial charge in [0.1, 0.15) is 23.0 Å². The van der Waals surface area contributed by atoms with Gasteiger partial charge in [0.15, 0.2) is 0 Å². The van der Waals surface area contributed by atoms with Gasteiger partial charge in [-0.2, -0.15) is 0 Å². The zero-order valence-electron chi connectivity index (χ0n) is 22.1. The molecule has 7 heteroatoms. The van der Waals surface area contributed by atoms with E-state index < -0.39 is 17.7 Å². The van der Waals surface area contributed by atoms with Crippen LogP contribution in [0.15, 0.2) is 78.4 Å². The zero-order valence-corrected chi connectivity index (χ0v) is 22.1. The van der Waals surface area contributed by atoms with E-state index in [1.807, 2.05) is 27.7 Å². The number of carbonyl (C=O) groups excluding carboxylic acids is 2. The molecule has 1 N–H and O–H groups in total. The van der Waals surface area contributed by atoms with Crippen LogP contribution in [-0.2, 0) is 9.59 Å². The third-order valence-corrected chi connectivity index (χ3v) is 6.05.